The molecule has 0 saturated carbocycles. The number of allylic oxidation sites excluding steroid dienone is 14. The second-order valence-corrected chi connectivity index (χ2v) is 17.1. The van der Waals surface area contributed by atoms with Crippen molar-refractivity contribution in [3.63, 3.8) is 0 Å². The average molecular weight is 877 g/mol. The molecular formula is C57H96O6. The van der Waals surface area contributed by atoms with E-state index in [0.717, 1.165) is 89.9 Å². The molecule has 0 aliphatic heterocycles. The largest absolute Gasteiger partial charge is 0.462 e. The van der Waals surface area contributed by atoms with Crippen molar-refractivity contribution in [2.45, 2.75) is 245 Å². The zero-order valence-corrected chi connectivity index (χ0v) is 41.1. The zero-order valence-electron chi connectivity index (χ0n) is 41.1. The minimum atomic E-state index is -0.795. The number of unbranched alkanes of at least 4 members (excludes halogenated alkanes) is 21. The topological polar surface area (TPSA) is 78.9 Å². The molecule has 0 aliphatic carbocycles. The number of carbonyl (C=O) groups is 3. The van der Waals surface area contributed by atoms with Crippen LogP contribution in [0, 0.1) is 0 Å². The molecule has 360 valence electrons. The molecule has 0 bridgehead atoms. The van der Waals surface area contributed by atoms with Crippen molar-refractivity contribution in [3.8, 4) is 0 Å². The van der Waals surface area contributed by atoms with E-state index in [1.807, 2.05) is 0 Å². The molecule has 0 heterocycles. The summed E-state index contributed by atoms with van der Waals surface area (Å²) in [5.74, 6) is -0.955. The Morgan fingerprint density at radius 2 is 0.619 bits per heavy atom. The molecule has 6 nitrogen and oxygen atoms in total. The van der Waals surface area contributed by atoms with Gasteiger partial charge in [0.25, 0.3) is 0 Å². The van der Waals surface area contributed by atoms with Crippen LogP contribution in [0.15, 0.2) is 85.1 Å². The van der Waals surface area contributed by atoms with Crippen LogP contribution in [-0.4, -0.2) is 37.2 Å². The molecular weight excluding hydrogens is 781 g/mol. The van der Waals surface area contributed by atoms with Crippen molar-refractivity contribution in [1.82, 2.24) is 0 Å². The van der Waals surface area contributed by atoms with Crippen molar-refractivity contribution in [2.75, 3.05) is 13.2 Å². The second kappa shape index (κ2) is 51.2. The Kier molecular flexibility index (Phi) is 48.5. The van der Waals surface area contributed by atoms with Gasteiger partial charge in [0.05, 0.1) is 0 Å². The molecule has 0 saturated heterocycles. The average Bonchev–Trinajstić information content (AvgIpc) is 3.28. The number of carbonyl (C=O) groups excluding carboxylic acids is 3. The summed E-state index contributed by atoms with van der Waals surface area (Å²) >= 11 is 0. The first-order valence-electron chi connectivity index (χ1n) is 26.1. The summed E-state index contributed by atoms with van der Waals surface area (Å²) in [5.41, 5.74) is 0. The van der Waals surface area contributed by atoms with Gasteiger partial charge in [-0.1, -0.05) is 234 Å². The normalized spacial score (nSPS) is 12.7. The molecule has 0 radical (unpaired) electrons. The lowest BCUT2D eigenvalue weighted by atomic mass is 10.1. The van der Waals surface area contributed by atoms with Gasteiger partial charge in [-0.2, -0.15) is 0 Å². The summed E-state index contributed by atoms with van der Waals surface area (Å²) in [7, 11) is 0. The summed E-state index contributed by atoms with van der Waals surface area (Å²) < 4.78 is 16.7. The minimum Gasteiger partial charge on any atom is -0.462 e. The lowest BCUT2D eigenvalue weighted by molar-refractivity contribution is -0.167. The standard InChI is InChI=1S/C57H96O6/c1-4-7-10-13-16-19-22-23-24-25-26-27-28-29-30-31-32-33-36-38-41-44-47-50-56(59)62-53-54(63-57(60)51-48-45-42-39-35-21-18-15-12-9-6-3)52-61-55(58)49-46-43-40-37-34-20-17-14-11-8-5-2/h7,10,16,19,23-24,26-27,29-30,32-33,38,41,54H,4-6,8-9,11-15,17-18,20-22,25,28,31,34-37,39-40,42-53H2,1-3H3/b10-7-,19-16-,24-23-,27-26-,30-29-,33-32-,41-38-. The highest BCUT2D eigenvalue weighted by Gasteiger charge is 2.19. The maximum atomic E-state index is 12.7. The fraction of sp³-hybridized carbons (Fsp3) is 0.702. The quantitative estimate of drug-likeness (QED) is 0.0262. The highest BCUT2D eigenvalue weighted by Crippen LogP contribution is 2.15. The molecule has 0 aromatic heterocycles. The monoisotopic (exact) mass is 877 g/mol. The highest BCUT2D eigenvalue weighted by atomic mass is 16.6. The van der Waals surface area contributed by atoms with Crippen LogP contribution in [0.3, 0.4) is 0 Å². The molecule has 0 N–H and O–H groups in total. The zero-order chi connectivity index (χ0) is 45.8. The van der Waals surface area contributed by atoms with E-state index < -0.39 is 6.10 Å². The van der Waals surface area contributed by atoms with Crippen molar-refractivity contribution < 1.29 is 28.6 Å². The first-order valence-corrected chi connectivity index (χ1v) is 26.1. The van der Waals surface area contributed by atoms with Gasteiger partial charge >= 0.3 is 17.9 Å². The molecule has 63 heavy (non-hydrogen) atoms. The summed E-state index contributed by atoms with van der Waals surface area (Å²) in [6, 6.07) is 0. The number of esters is 3. The molecule has 0 aromatic rings. The van der Waals surface area contributed by atoms with E-state index in [1.54, 1.807) is 0 Å². The highest BCUT2D eigenvalue weighted by molar-refractivity contribution is 5.71. The van der Waals surface area contributed by atoms with Crippen LogP contribution < -0.4 is 0 Å². The number of ether oxygens (including phenoxy) is 3. The van der Waals surface area contributed by atoms with Crippen LogP contribution in [-0.2, 0) is 28.6 Å². The Morgan fingerprint density at radius 1 is 0.333 bits per heavy atom. The van der Waals surface area contributed by atoms with Gasteiger partial charge in [-0.15, -0.1) is 0 Å². The fourth-order valence-electron chi connectivity index (χ4n) is 7.02. The predicted molar refractivity (Wildman–Crippen MR) is 270 cm³/mol. The first-order chi connectivity index (χ1) is 31.0. The first kappa shape index (κ1) is 59.6. The Morgan fingerprint density at radius 3 is 0.968 bits per heavy atom. The van der Waals surface area contributed by atoms with E-state index in [-0.39, 0.29) is 37.5 Å². The third kappa shape index (κ3) is 49.5. The van der Waals surface area contributed by atoms with Crippen LogP contribution >= 0.6 is 0 Å². The van der Waals surface area contributed by atoms with Crippen molar-refractivity contribution in [2.24, 2.45) is 0 Å². The third-order valence-corrected chi connectivity index (χ3v) is 10.9. The molecule has 1 unspecified atom stereocenters. The molecule has 0 rings (SSSR count). The lowest BCUT2D eigenvalue weighted by Crippen LogP contribution is -2.30. The molecule has 0 spiro atoms. The van der Waals surface area contributed by atoms with E-state index >= 15 is 0 Å². The van der Waals surface area contributed by atoms with Gasteiger partial charge in [-0.05, 0) is 70.6 Å². The van der Waals surface area contributed by atoms with Gasteiger partial charge in [-0.3, -0.25) is 14.4 Å². The Hall–Kier alpha value is -3.41. The summed E-state index contributed by atoms with van der Waals surface area (Å²) in [4.78, 5) is 37.9. The molecule has 0 fully saturated rings. The lowest BCUT2D eigenvalue weighted by Gasteiger charge is -2.18. The Labute approximate surface area is 388 Å². The van der Waals surface area contributed by atoms with Gasteiger partial charge in [0.2, 0.25) is 0 Å². The SMILES string of the molecule is CC/C=C\C/C=C\C/C=C\C/C=C\C/C=C\C/C=C\C/C=C\CCCC(=O)OCC(COC(=O)CCCCCCCCCCCCC)OC(=O)CCCCCCCCCCCCC. The van der Waals surface area contributed by atoms with Crippen molar-refractivity contribution in [1.29, 1.82) is 0 Å². The van der Waals surface area contributed by atoms with E-state index in [2.05, 4.69) is 106 Å². The van der Waals surface area contributed by atoms with Gasteiger partial charge in [0.15, 0.2) is 6.10 Å². The van der Waals surface area contributed by atoms with Crippen LogP contribution in [0.25, 0.3) is 0 Å². The minimum absolute atomic E-state index is 0.0918. The molecule has 6 heteroatoms. The van der Waals surface area contributed by atoms with Crippen LogP contribution in [0.4, 0.5) is 0 Å². The van der Waals surface area contributed by atoms with E-state index in [9.17, 15) is 14.4 Å². The van der Waals surface area contributed by atoms with Crippen LogP contribution in [0.2, 0.25) is 0 Å². The predicted octanol–water partition coefficient (Wildman–Crippen LogP) is 17.2. The maximum Gasteiger partial charge on any atom is 0.306 e. The van der Waals surface area contributed by atoms with Gasteiger partial charge in [-0.25, -0.2) is 0 Å². The number of hydrogen-bond acceptors (Lipinski definition) is 6. The van der Waals surface area contributed by atoms with Crippen LogP contribution in [0.1, 0.15) is 239 Å². The Bertz CT molecular complexity index is 1240. The maximum absolute atomic E-state index is 12.7. The summed E-state index contributed by atoms with van der Waals surface area (Å²) in [6.45, 7) is 6.46. The van der Waals surface area contributed by atoms with E-state index in [1.165, 1.54) is 103 Å². The number of hydrogen-bond donors (Lipinski definition) is 0. The van der Waals surface area contributed by atoms with Gasteiger partial charge in [0, 0.05) is 19.3 Å². The molecule has 1 atom stereocenters. The third-order valence-electron chi connectivity index (χ3n) is 10.9. The Balaban J connectivity index is 4.40. The van der Waals surface area contributed by atoms with Crippen molar-refractivity contribution >= 4 is 17.9 Å². The molecule has 0 aromatic carbocycles. The smallest absolute Gasteiger partial charge is 0.306 e. The summed E-state index contributed by atoms with van der Waals surface area (Å²) in [5, 5.41) is 0. The van der Waals surface area contributed by atoms with Gasteiger partial charge < -0.3 is 14.2 Å². The second-order valence-electron chi connectivity index (χ2n) is 17.1. The van der Waals surface area contributed by atoms with E-state index in [0.29, 0.717) is 19.3 Å². The summed E-state index contributed by atoms with van der Waals surface area (Å²) in [6.07, 6.45) is 65.7. The van der Waals surface area contributed by atoms with Crippen LogP contribution in [0.5, 0.6) is 0 Å². The van der Waals surface area contributed by atoms with Crippen molar-refractivity contribution in [3.05, 3.63) is 85.1 Å². The fourth-order valence-corrected chi connectivity index (χ4v) is 7.02. The molecule has 0 aliphatic rings. The van der Waals surface area contributed by atoms with Gasteiger partial charge in [0.1, 0.15) is 13.2 Å². The van der Waals surface area contributed by atoms with E-state index in [4.69, 9.17) is 14.2 Å². The molecule has 0 amide bonds. The number of rotatable bonds is 46.